The highest BCUT2D eigenvalue weighted by Crippen LogP contribution is 2.34. The zero-order valence-electron chi connectivity index (χ0n) is 11.9. The Kier molecular flexibility index (Phi) is 2.91. The smallest absolute Gasteiger partial charge is 0.139 e. The van der Waals surface area contributed by atoms with E-state index >= 15 is 0 Å². The Morgan fingerprint density at radius 2 is 2.10 bits per heavy atom. The molecule has 4 rings (SSSR count). The fourth-order valence-electron chi connectivity index (χ4n) is 3.94. The average molecular weight is 270 g/mol. The number of hydrogen-bond acceptors (Lipinski definition) is 3. The van der Waals surface area contributed by atoms with Crippen LogP contribution < -0.4 is 10.2 Å². The minimum absolute atomic E-state index is 0.350. The van der Waals surface area contributed by atoms with Crippen LogP contribution in [0.3, 0.4) is 0 Å². The first-order valence-corrected chi connectivity index (χ1v) is 7.78. The SMILES string of the molecule is c1cc(N2CCC[C@@]3(CCCCN3)C2)c2cc[nH]c2n1. The molecule has 4 nitrogen and oxygen atoms in total. The van der Waals surface area contributed by atoms with Gasteiger partial charge in [-0.3, -0.25) is 0 Å². The summed E-state index contributed by atoms with van der Waals surface area (Å²) in [5.74, 6) is 0. The Bertz CT molecular complexity index is 592. The van der Waals surface area contributed by atoms with Gasteiger partial charge in [-0.15, -0.1) is 0 Å². The minimum atomic E-state index is 0.350. The molecule has 2 saturated heterocycles. The van der Waals surface area contributed by atoms with E-state index in [9.17, 15) is 0 Å². The molecule has 2 fully saturated rings. The van der Waals surface area contributed by atoms with Gasteiger partial charge in [0.05, 0.1) is 0 Å². The molecule has 0 radical (unpaired) electrons. The molecule has 0 bridgehead atoms. The van der Waals surface area contributed by atoms with Crippen LogP contribution in [0.4, 0.5) is 5.69 Å². The van der Waals surface area contributed by atoms with Crippen molar-refractivity contribution in [3.8, 4) is 0 Å². The zero-order valence-corrected chi connectivity index (χ0v) is 11.9. The summed E-state index contributed by atoms with van der Waals surface area (Å²) in [7, 11) is 0. The van der Waals surface area contributed by atoms with Crippen LogP contribution in [0.2, 0.25) is 0 Å². The lowest BCUT2D eigenvalue weighted by Gasteiger charge is -2.46. The van der Waals surface area contributed by atoms with Crippen LogP contribution in [0.15, 0.2) is 24.5 Å². The van der Waals surface area contributed by atoms with Gasteiger partial charge in [-0.05, 0) is 44.4 Å². The number of fused-ring (bicyclic) bond motifs is 1. The van der Waals surface area contributed by atoms with Crippen LogP contribution in [0.5, 0.6) is 0 Å². The maximum absolute atomic E-state index is 4.40. The molecule has 0 aliphatic carbocycles. The van der Waals surface area contributed by atoms with E-state index in [1.807, 2.05) is 12.4 Å². The fourth-order valence-corrected chi connectivity index (χ4v) is 3.94. The van der Waals surface area contributed by atoms with Crippen molar-refractivity contribution in [2.24, 2.45) is 0 Å². The number of H-pyrrole nitrogens is 1. The summed E-state index contributed by atoms with van der Waals surface area (Å²) >= 11 is 0. The number of aromatic nitrogens is 2. The molecule has 0 saturated carbocycles. The van der Waals surface area contributed by atoms with Crippen molar-refractivity contribution in [2.45, 2.75) is 37.6 Å². The molecule has 20 heavy (non-hydrogen) atoms. The van der Waals surface area contributed by atoms with Crippen molar-refractivity contribution in [2.75, 3.05) is 24.5 Å². The topological polar surface area (TPSA) is 44.0 Å². The lowest BCUT2D eigenvalue weighted by atomic mass is 9.81. The van der Waals surface area contributed by atoms with E-state index in [0.29, 0.717) is 5.54 Å². The summed E-state index contributed by atoms with van der Waals surface area (Å²) < 4.78 is 0. The molecule has 1 atom stereocenters. The fraction of sp³-hybridized carbons (Fsp3) is 0.562. The summed E-state index contributed by atoms with van der Waals surface area (Å²) in [6, 6.07) is 4.31. The van der Waals surface area contributed by atoms with Crippen LogP contribution in [-0.4, -0.2) is 35.1 Å². The van der Waals surface area contributed by atoms with Gasteiger partial charge in [-0.2, -0.15) is 0 Å². The Labute approximate surface area is 119 Å². The number of nitrogens with zero attached hydrogens (tertiary/aromatic N) is 2. The number of aromatic amines is 1. The van der Waals surface area contributed by atoms with Crippen molar-refractivity contribution in [3.63, 3.8) is 0 Å². The molecular weight excluding hydrogens is 248 g/mol. The van der Waals surface area contributed by atoms with Crippen LogP contribution in [0.25, 0.3) is 11.0 Å². The molecule has 2 N–H and O–H groups in total. The highest BCUT2D eigenvalue weighted by Gasteiger charge is 2.36. The predicted octanol–water partition coefficient (Wildman–Crippen LogP) is 2.68. The summed E-state index contributed by atoms with van der Waals surface area (Å²) in [5.41, 5.74) is 2.68. The first kappa shape index (κ1) is 12.2. The molecule has 0 unspecified atom stereocenters. The monoisotopic (exact) mass is 270 g/mol. The standard InChI is InChI=1S/C16H22N4/c1-2-8-19-16(6-1)7-3-11-20(12-16)14-5-10-18-15-13(14)4-9-17-15/h4-5,9-10,19H,1-3,6-8,11-12H2,(H,17,18)/t16-/m0/s1. The van der Waals surface area contributed by atoms with Crippen molar-refractivity contribution in [1.29, 1.82) is 0 Å². The number of pyridine rings is 1. The van der Waals surface area contributed by atoms with E-state index in [1.165, 1.54) is 49.7 Å². The predicted molar refractivity (Wildman–Crippen MR) is 82.1 cm³/mol. The molecule has 2 aromatic rings. The van der Waals surface area contributed by atoms with Crippen LogP contribution in [0, 0.1) is 0 Å². The Morgan fingerprint density at radius 1 is 1.15 bits per heavy atom. The quantitative estimate of drug-likeness (QED) is 0.837. The van der Waals surface area contributed by atoms with E-state index in [2.05, 4.69) is 32.3 Å². The van der Waals surface area contributed by atoms with Gasteiger partial charge in [-0.1, -0.05) is 6.42 Å². The highest BCUT2D eigenvalue weighted by molar-refractivity contribution is 5.89. The van der Waals surface area contributed by atoms with Gasteiger partial charge in [0.1, 0.15) is 5.65 Å². The lowest BCUT2D eigenvalue weighted by Crippen LogP contribution is -2.59. The number of anilines is 1. The average Bonchev–Trinajstić information content (AvgIpc) is 2.96. The van der Waals surface area contributed by atoms with Gasteiger partial charge in [0.25, 0.3) is 0 Å². The zero-order chi connectivity index (χ0) is 13.4. The molecule has 4 heteroatoms. The number of rotatable bonds is 1. The molecule has 2 aliphatic rings. The first-order chi connectivity index (χ1) is 9.86. The Balaban J connectivity index is 1.66. The minimum Gasteiger partial charge on any atom is -0.369 e. The lowest BCUT2D eigenvalue weighted by molar-refractivity contribution is 0.216. The van der Waals surface area contributed by atoms with E-state index in [4.69, 9.17) is 0 Å². The van der Waals surface area contributed by atoms with Gasteiger partial charge >= 0.3 is 0 Å². The van der Waals surface area contributed by atoms with E-state index in [0.717, 1.165) is 18.7 Å². The number of piperidine rings is 2. The normalized spacial score (nSPS) is 27.3. The molecule has 0 aromatic carbocycles. The summed E-state index contributed by atoms with van der Waals surface area (Å²) in [6.07, 6.45) is 10.5. The Hall–Kier alpha value is -1.55. The summed E-state index contributed by atoms with van der Waals surface area (Å²) in [5, 5.41) is 5.06. The van der Waals surface area contributed by atoms with Crippen molar-refractivity contribution < 1.29 is 0 Å². The summed E-state index contributed by atoms with van der Waals surface area (Å²) in [6.45, 7) is 3.48. The van der Waals surface area contributed by atoms with Gasteiger partial charge in [-0.25, -0.2) is 4.98 Å². The highest BCUT2D eigenvalue weighted by atomic mass is 15.2. The second-order valence-corrected chi connectivity index (χ2v) is 6.26. The maximum Gasteiger partial charge on any atom is 0.139 e. The Morgan fingerprint density at radius 3 is 3.00 bits per heavy atom. The molecule has 0 amide bonds. The maximum atomic E-state index is 4.40. The van der Waals surface area contributed by atoms with Gasteiger partial charge in [0, 0.05) is 42.1 Å². The van der Waals surface area contributed by atoms with Crippen LogP contribution >= 0.6 is 0 Å². The summed E-state index contributed by atoms with van der Waals surface area (Å²) in [4.78, 5) is 10.2. The van der Waals surface area contributed by atoms with Crippen LogP contribution in [-0.2, 0) is 0 Å². The van der Waals surface area contributed by atoms with Crippen molar-refractivity contribution >= 4 is 16.7 Å². The third-order valence-corrected chi connectivity index (χ3v) is 4.94. The van der Waals surface area contributed by atoms with Crippen molar-refractivity contribution in [1.82, 2.24) is 15.3 Å². The van der Waals surface area contributed by atoms with Crippen LogP contribution in [0.1, 0.15) is 32.1 Å². The third kappa shape index (κ3) is 1.99. The molecule has 1 spiro atoms. The molecule has 2 aliphatic heterocycles. The first-order valence-electron chi connectivity index (χ1n) is 7.78. The number of nitrogens with one attached hydrogen (secondary N) is 2. The second-order valence-electron chi connectivity index (χ2n) is 6.26. The molecule has 106 valence electrons. The molecule has 4 heterocycles. The van der Waals surface area contributed by atoms with Gasteiger partial charge < -0.3 is 15.2 Å². The van der Waals surface area contributed by atoms with E-state index in [1.54, 1.807) is 0 Å². The van der Waals surface area contributed by atoms with Gasteiger partial charge in [0.15, 0.2) is 0 Å². The van der Waals surface area contributed by atoms with Crippen molar-refractivity contribution in [3.05, 3.63) is 24.5 Å². The largest absolute Gasteiger partial charge is 0.369 e. The third-order valence-electron chi connectivity index (χ3n) is 4.94. The molecule has 2 aromatic heterocycles. The molecular formula is C16H22N4. The second kappa shape index (κ2) is 4.77. The van der Waals surface area contributed by atoms with E-state index in [-0.39, 0.29) is 0 Å². The van der Waals surface area contributed by atoms with Gasteiger partial charge in [0.2, 0.25) is 0 Å². The van der Waals surface area contributed by atoms with E-state index < -0.39 is 0 Å². The number of hydrogen-bond donors (Lipinski definition) is 2.